The monoisotopic (exact) mass is 312 g/mol. The number of piperazine rings is 1. The zero-order valence-corrected chi connectivity index (χ0v) is 12.6. The maximum absolute atomic E-state index is 13.0. The topological polar surface area (TPSA) is 32.8 Å². The van der Waals surface area contributed by atoms with Crippen LogP contribution in [0.2, 0.25) is 0 Å². The Balaban J connectivity index is 1.46. The van der Waals surface area contributed by atoms with Crippen molar-refractivity contribution in [2.24, 2.45) is 0 Å². The Morgan fingerprint density at radius 3 is 2.39 bits per heavy atom. The van der Waals surface area contributed by atoms with Gasteiger partial charge in [0.15, 0.2) is 6.23 Å². The summed E-state index contributed by atoms with van der Waals surface area (Å²) >= 11 is 0. The molecule has 0 aliphatic carbocycles. The van der Waals surface area contributed by atoms with Crippen LogP contribution in [0.3, 0.4) is 0 Å². The molecular formula is C18H17FN2O2. The van der Waals surface area contributed by atoms with Crippen molar-refractivity contribution in [1.29, 1.82) is 0 Å². The van der Waals surface area contributed by atoms with Crippen molar-refractivity contribution < 1.29 is 13.9 Å². The number of carbonyl (C=O) groups is 1. The van der Waals surface area contributed by atoms with Gasteiger partial charge in [-0.3, -0.25) is 4.90 Å². The molecule has 2 aromatic carbocycles. The minimum atomic E-state index is -0.283. The molecule has 0 unspecified atom stereocenters. The number of anilines is 1. The number of halogens is 1. The standard InChI is InChI=1S/C18H17FN2O2/c19-13-5-7-14(8-6-13)20-9-11-21(12-10-20)17-15-3-1-2-4-16(15)18(22)23-17/h1-8,17H,9-12H2/t17-/m1/s1. The Bertz CT molecular complexity index is 724. The first-order valence-corrected chi connectivity index (χ1v) is 7.77. The van der Waals surface area contributed by atoms with Crippen LogP contribution in [0.4, 0.5) is 10.1 Å². The molecule has 0 amide bonds. The highest BCUT2D eigenvalue weighted by Crippen LogP contribution is 2.34. The second-order valence-corrected chi connectivity index (χ2v) is 5.84. The Hall–Kier alpha value is -2.40. The molecule has 0 bridgehead atoms. The van der Waals surface area contributed by atoms with Crippen LogP contribution in [0.5, 0.6) is 0 Å². The molecule has 1 saturated heterocycles. The van der Waals surface area contributed by atoms with E-state index < -0.39 is 0 Å². The normalized spacial score (nSPS) is 21.2. The lowest BCUT2D eigenvalue weighted by Gasteiger charge is -2.38. The van der Waals surface area contributed by atoms with Gasteiger partial charge in [0.25, 0.3) is 0 Å². The van der Waals surface area contributed by atoms with Gasteiger partial charge in [0.2, 0.25) is 0 Å². The maximum Gasteiger partial charge on any atom is 0.340 e. The molecular weight excluding hydrogens is 295 g/mol. The second-order valence-electron chi connectivity index (χ2n) is 5.84. The summed E-state index contributed by atoms with van der Waals surface area (Å²) in [6.45, 7) is 3.23. The van der Waals surface area contributed by atoms with Gasteiger partial charge in [0.1, 0.15) is 5.82 Å². The Kier molecular flexibility index (Phi) is 3.50. The van der Waals surface area contributed by atoms with Crippen molar-refractivity contribution in [1.82, 2.24) is 4.90 Å². The third-order valence-corrected chi connectivity index (χ3v) is 4.50. The SMILES string of the molecule is O=C1O[C@@H](N2CCN(c3ccc(F)cc3)CC2)c2ccccc21. The van der Waals surface area contributed by atoms with Crippen LogP contribution in [0.25, 0.3) is 0 Å². The van der Waals surface area contributed by atoms with E-state index in [0.29, 0.717) is 5.56 Å². The average Bonchev–Trinajstić information content (AvgIpc) is 2.93. The van der Waals surface area contributed by atoms with Gasteiger partial charge in [-0.2, -0.15) is 0 Å². The molecule has 118 valence electrons. The molecule has 0 saturated carbocycles. The second kappa shape index (κ2) is 5.66. The van der Waals surface area contributed by atoms with Crippen molar-refractivity contribution in [2.75, 3.05) is 31.1 Å². The zero-order chi connectivity index (χ0) is 15.8. The molecule has 4 nitrogen and oxygen atoms in total. The zero-order valence-electron chi connectivity index (χ0n) is 12.6. The van der Waals surface area contributed by atoms with Crippen LogP contribution in [-0.2, 0) is 4.74 Å². The van der Waals surface area contributed by atoms with Gasteiger partial charge in [-0.25, -0.2) is 9.18 Å². The maximum atomic E-state index is 13.0. The summed E-state index contributed by atoms with van der Waals surface area (Å²) in [5, 5.41) is 0. The first-order chi connectivity index (χ1) is 11.2. The lowest BCUT2D eigenvalue weighted by Crippen LogP contribution is -2.47. The molecule has 5 heteroatoms. The Morgan fingerprint density at radius 1 is 0.957 bits per heavy atom. The molecule has 1 atom stereocenters. The quantitative estimate of drug-likeness (QED) is 0.798. The van der Waals surface area contributed by atoms with E-state index in [1.807, 2.05) is 24.3 Å². The number of carbonyl (C=O) groups excluding carboxylic acids is 1. The van der Waals surface area contributed by atoms with Gasteiger partial charge >= 0.3 is 5.97 Å². The lowest BCUT2D eigenvalue weighted by atomic mass is 10.1. The summed E-state index contributed by atoms with van der Waals surface area (Å²) in [6.07, 6.45) is -0.283. The molecule has 4 rings (SSSR count). The molecule has 0 radical (unpaired) electrons. The van der Waals surface area contributed by atoms with Gasteiger partial charge in [-0.1, -0.05) is 18.2 Å². The van der Waals surface area contributed by atoms with Crippen molar-refractivity contribution in [3.63, 3.8) is 0 Å². The number of benzene rings is 2. The van der Waals surface area contributed by atoms with Crippen LogP contribution >= 0.6 is 0 Å². The summed E-state index contributed by atoms with van der Waals surface area (Å²) in [4.78, 5) is 16.3. The molecule has 2 aliphatic rings. The molecule has 23 heavy (non-hydrogen) atoms. The predicted molar refractivity (Wildman–Crippen MR) is 84.8 cm³/mol. The molecule has 0 spiro atoms. The van der Waals surface area contributed by atoms with E-state index in [0.717, 1.165) is 37.4 Å². The Morgan fingerprint density at radius 2 is 1.65 bits per heavy atom. The molecule has 0 N–H and O–H groups in total. The highest BCUT2D eigenvalue weighted by Gasteiger charge is 2.36. The van der Waals surface area contributed by atoms with Gasteiger partial charge in [-0.15, -0.1) is 0 Å². The van der Waals surface area contributed by atoms with Gasteiger partial charge in [0.05, 0.1) is 5.56 Å². The summed E-state index contributed by atoms with van der Waals surface area (Å²) in [6, 6.07) is 14.1. The van der Waals surface area contributed by atoms with Crippen LogP contribution in [0.1, 0.15) is 22.1 Å². The first kappa shape index (κ1) is 14.2. The fraction of sp³-hybridized carbons (Fsp3) is 0.278. The van der Waals surface area contributed by atoms with Crippen LogP contribution in [0.15, 0.2) is 48.5 Å². The molecule has 2 aromatic rings. The van der Waals surface area contributed by atoms with Crippen molar-refractivity contribution in [2.45, 2.75) is 6.23 Å². The summed E-state index contributed by atoms with van der Waals surface area (Å²) in [7, 11) is 0. The van der Waals surface area contributed by atoms with E-state index in [2.05, 4.69) is 9.80 Å². The van der Waals surface area contributed by atoms with Gasteiger partial charge in [0, 0.05) is 37.4 Å². The van der Waals surface area contributed by atoms with Crippen LogP contribution in [-0.4, -0.2) is 37.0 Å². The lowest BCUT2D eigenvalue weighted by molar-refractivity contribution is -0.0250. The molecule has 0 aromatic heterocycles. The molecule has 2 aliphatic heterocycles. The minimum absolute atomic E-state index is 0.220. The van der Waals surface area contributed by atoms with E-state index >= 15 is 0 Å². The van der Waals surface area contributed by atoms with E-state index in [-0.39, 0.29) is 18.0 Å². The first-order valence-electron chi connectivity index (χ1n) is 7.77. The minimum Gasteiger partial charge on any atom is -0.438 e. The summed E-state index contributed by atoms with van der Waals surface area (Å²) < 4.78 is 18.6. The number of hydrogen-bond donors (Lipinski definition) is 0. The van der Waals surface area contributed by atoms with Gasteiger partial charge in [-0.05, 0) is 30.3 Å². The Labute approximate surface area is 134 Å². The molecule has 2 heterocycles. The fourth-order valence-corrected chi connectivity index (χ4v) is 3.26. The predicted octanol–water partition coefficient (Wildman–Crippen LogP) is 2.82. The number of hydrogen-bond acceptors (Lipinski definition) is 4. The number of ether oxygens (including phenoxy) is 1. The third-order valence-electron chi connectivity index (χ3n) is 4.50. The molecule has 1 fully saturated rings. The number of rotatable bonds is 2. The fourth-order valence-electron chi connectivity index (χ4n) is 3.26. The largest absolute Gasteiger partial charge is 0.438 e. The van der Waals surface area contributed by atoms with Crippen molar-refractivity contribution in [3.8, 4) is 0 Å². The van der Waals surface area contributed by atoms with Gasteiger partial charge < -0.3 is 9.64 Å². The number of nitrogens with zero attached hydrogens (tertiary/aromatic N) is 2. The summed E-state index contributed by atoms with van der Waals surface area (Å²) in [5.74, 6) is -0.464. The number of esters is 1. The third kappa shape index (κ3) is 2.57. The van der Waals surface area contributed by atoms with Crippen LogP contribution < -0.4 is 4.90 Å². The smallest absolute Gasteiger partial charge is 0.340 e. The van der Waals surface area contributed by atoms with Crippen molar-refractivity contribution >= 4 is 11.7 Å². The highest BCUT2D eigenvalue weighted by atomic mass is 19.1. The summed E-state index contributed by atoms with van der Waals surface area (Å²) in [5.41, 5.74) is 2.64. The average molecular weight is 312 g/mol. The number of cyclic esters (lactones) is 1. The van der Waals surface area contributed by atoms with E-state index in [9.17, 15) is 9.18 Å². The highest BCUT2D eigenvalue weighted by molar-refractivity contribution is 5.93. The van der Waals surface area contributed by atoms with E-state index in [1.165, 1.54) is 12.1 Å². The van der Waals surface area contributed by atoms with Crippen LogP contribution in [0, 0.1) is 5.82 Å². The van der Waals surface area contributed by atoms with E-state index in [1.54, 1.807) is 12.1 Å². The van der Waals surface area contributed by atoms with E-state index in [4.69, 9.17) is 4.74 Å². The van der Waals surface area contributed by atoms with Crippen molar-refractivity contribution in [3.05, 3.63) is 65.5 Å². The number of fused-ring (bicyclic) bond motifs is 1.